The van der Waals surface area contributed by atoms with Gasteiger partial charge in [-0.05, 0) is 12.3 Å². The van der Waals surface area contributed by atoms with Crippen molar-refractivity contribution in [3.63, 3.8) is 0 Å². The summed E-state index contributed by atoms with van der Waals surface area (Å²) in [4.78, 5) is 0. The smallest absolute Gasteiger partial charge is 0.372 e. The molecule has 6 heteroatoms. The molecule has 0 amide bonds. The summed E-state index contributed by atoms with van der Waals surface area (Å²) in [6, 6.07) is 0. The molecule has 0 bridgehead atoms. The molecule has 0 N–H and O–H groups in total. The lowest BCUT2D eigenvalue weighted by atomic mass is 10.1. The van der Waals surface area contributed by atoms with Crippen molar-refractivity contribution in [2.75, 3.05) is 23.9 Å². The Kier molecular flexibility index (Phi) is 7.45. The van der Waals surface area contributed by atoms with Crippen molar-refractivity contribution in [3.8, 4) is 0 Å². The summed E-state index contributed by atoms with van der Waals surface area (Å²) in [5.74, 6) is 0.327. The minimum absolute atomic E-state index is 0.154. The number of hydrogen-bond acceptors (Lipinski definition) is 1. The van der Waals surface area contributed by atoms with Crippen molar-refractivity contribution in [2.24, 2.45) is 5.92 Å². The number of halogens is 5. The highest BCUT2D eigenvalue weighted by Crippen LogP contribution is 2.16. The van der Waals surface area contributed by atoms with E-state index in [1.54, 1.807) is 0 Å². The lowest BCUT2D eigenvalue weighted by molar-refractivity contribution is -0.174. The predicted octanol–water partition coefficient (Wildman–Crippen LogP) is 3.36. The minimum Gasteiger partial charge on any atom is -0.372 e. The van der Waals surface area contributed by atoms with Crippen molar-refractivity contribution in [1.29, 1.82) is 0 Å². The molecular weight excluding hydrogens is 317 g/mol. The summed E-state index contributed by atoms with van der Waals surface area (Å²) in [6.07, 6.45) is -3.58. The summed E-state index contributed by atoms with van der Waals surface area (Å²) in [6.45, 7) is -0.994. The monoisotopic (exact) mass is 326 g/mol. The molecule has 1 nitrogen and oxygen atoms in total. The highest BCUT2D eigenvalue weighted by atomic mass is 79.9. The van der Waals surface area contributed by atoms with Crippen LogP contribution in [0.4, 0.5) is 13.2 Å². The van der Waals surface area contributed by atoms with Crippen LogP contribution >= 0.6 is 31.9 Å². The van der Waals surface area contributed by atoms with Gasteiger partial charge in [-0.15, -0.1) is 0 Å². The molecule has 0 heterocycles. The van der Waals surface area contributed by atoms with Crippen molar-refractivity contribution < 1.29 is 17.9 Å². The van der Waals surface area contributed by atoms with Crippen LogP contribution in [0.2, 0.25) is 0 Å². The Morgan fingerprint density at radius 3 is 2.08 bits per heavy atom. The zero-order valence-electron chi connectivity index (χ0n) is 6.91. The Hall–Kier alpha value is 0.710. The maximum atomic E-state index is 11.6. The Morgan fingerprint density at radius 1 is 1.15 bits per heavy atom. The molecule has 0 atom stereocenters. The van der Waals surface area contributed by atoms with Crippen molar-refractivity contribution in [1.82, 2.24) is 0 Å². The van der Waals surface area contributed by atoms with E-state index in [4.69, 9.17) is 0 Å². The first-order valence-electron chi connectivity index (χ1n) is 3.76. The molecule has 0 aliphatic heterocycles. The Morgan fingerprint density at radius 2 is 1.69 bits per heavy atom. The molecule has 0 fully saturated rings. The number of ether oxygens (including phenoxy) is 1. The largest absolute Gasteiger partial charge is 0.411 e. The summed E-state index contributed by atoms with van der Waals surface area (Å²) < 4.78 is 39.3. The molecule has 0 saturated heterocycles. The first-order chi connectivity index (χ1) is 5.99. The normalized spacial score (nSPS) is 12.5. The average Bonchev–Trinajstić information content (AvgIpc) is 2.03. The van der Waals surface area contributed by atoms with Gasteiger partial charge in [-0.25, -0.2) is 0 Å². The summed E-state index contributed by atoms with van der Waals surface area (Å²) >= 11 is 6.52. The van der Waals surface area contributed by atoms with Gasteiger partial charge in [0.25, 0.3) is 0 Å². The molecule has 0 unspecified atom stereocenters. The second-order valence-electron chi connectivity index (χ2n) is 2.63. The van der Waals surface area contributed by atoms with Crippen molar-refractivity contribution >= 4 is 31.9 Å². The van der Waals surface area contributed by atoms with E-state index in [2.05, 4.69) is 36.6 Å². The van der Waals surface area contributed by atoms with Crippen LogP contribution in [0.1, 0.15) is 6.42 Å². The highest BCUT2D eigenvalue weighted by Gasteiger charge is 2.27. The first-order valence-corrected chi connectivity index (χ1v) is 6.00. The molecule has 0 radical (unpaired) electrons. The van der Waals surface area contributed by atoms with Crippen LogP contribution < -0.4 is 0 Å². The molecule has 13 heavy (non-hydrogen) atoms. The summed E-state index contributed by atoms with van der Waals surface area (Å²) in [7, 11) is 0. The predicted molar refractivity (Wildman–Crippen MR) is 52.6 cm³/mol. The highest BCUT2D eigenvalue weighted by molar-refractivity contribution is 9.09. The maximum Gasteiger partial charge on any atom is 0.411 e. The molecule has 0 spiro atoms. The molecule has 0 rings (SSSR count). The maximum absolute atomic E-state index is 11.6. The van der Waals surface area contributed by atoms with Crippen molar-refractivity contribution in [2.45, 2.75) is 12.6 Å². The van der Waals surface area contributed by atoms with Gasteiger partial charge in [-0.1, -0.05) is 31.9 Å². The van der Waals surface area contributed by atoms with E-state index in [1.807, 2.05) is 0 Å². The van der Waals surface area contributed by atoms with Gasteiger partial charge in [0.2, 0.25) is 0 Å². The molecule has 80 valence electrons. The second-order valence-corrected chi connectivity index (χ2v) is 3.93. The van der Waals surface area contributed by atoms with E-state index in [0.717, 1.165) is 10.7 Å². The third-order valence-electron chi connectivity index (χ3n) is 1.37. The van der Waals surface area contributed by atoms with E-state index < -0.39 is 12.8 Å². The fourth-order valence-corrected chi connectivity index (χ4v) is 2.35. The molecule has 0 aromatic heterocycles. The van der Waals surface area contributed by atoms with Crippen LogP contribution in [0, 0.1) is 5.92 Å². The van der Waals surface area contributed by atoms with Crippen molar-refractivity contribution in [3.05, 3.63) is 0 Å². The van der Waals surface area contributed by atoms with E-state index >= 15 is 0 Å². The van der Waals surface area contributed by atoms with Gasteiger partial charge in [0, 0.05) is 17.3 Å². The molecular formula is C7H11Br2F3O. The fraction of sp³-hybridized carbons (Fsp3) is 1.00. The summed E-state index contributed by atoms with van der Waals surface area (Å²) in [5.41, 5.74) is 0. The zero-order valence-corrected chi connectivity index (χ0v) is 10.1. The van der Waals surface area contributed by atoms with Crippen LogP contribution in [-0.2, 0) is 4.74 Å². The van der Waals surface area contributed by atoms with Gasteiger partial charge in [0.1, 0.15) is 6.61 Å². The first kappa shape index (κ1) is 13.7. The van der Waals surface area contributed by atoms with Crippen LogP contribution in [0.3, 0.4) is 0 Å². The molecule has 0 aromatic carbocycles. The van der Waals surface area contributed by atoms with Crippen LogP contribution in [0.5, 0.6) is 0 Å². The van der Waals surface area contributed by atoms with E-state index in [-0.39, 0.29) is 6.61 Å². The lowest BCUT2D eigenvalue weighted by Gasteiger charge is -2.11. The lowest BCUT2D eigenvalue weighted by Crippen LogP contribution is -2.18. The fourth-order valence-electron chi connectivity index (χ4n) is 0.633. The topological polar surface area (TPSA) is 9.23 Å². The average molecular weight is 328 g/mol. The van der Waals surface area contributed by atoms with Gasteiger partial charge >= 0.3 is 6.18 Å². The zero-order chi connectivity index (χ0) is 10.3. The quantitative estimate of drug-likeness (QED) is 0.537. The molecule has 0 saturated carbocycles. The molecule has 0 aliphatic rings. The third kappa shape index (κ3) is 9.02. The SMILES string of the molecule is FC(F)(F)COCCC(CBr)CBr. The summed E-state index contributed by atoms with van der Waals surface area (Å²) in [5, 5.41) is 1.54. The minimum atomic E-state index is -4.21. The number of alkyl halides is 5. The van der Waals surface area contributed by atoms with Gasteiger partial charge in [0.05, 0.1) is 0 Å². The number of hydrogen-bond donors (Lipinski definition) is 0. The van der Waals surface area contributed by atoms with Crippen LogP contribution in [0.15, 0.2) is 0 Å². The van der Waals surface area contributed by atoms with E-state index in [9.17, 15) is 13.2 Å². The van der Waals surface area contributed by atoms with Gasteiger partial charge in [0.15, 0.2) is 0 Å². The van der Waals surface area contributed by atoms with E-state index in [1.165, 1.54) is 0 Å². The molecule has 0 aromatic rings. The Balaban J connectivity index is 3.34. The third-order valence-corrected chi connectivity index (χ3v) is 3.20. The number of rotatable bonds is 6. The standard InChI is InChI=1S/C7H11Br2F3O/c8-3-6(4-9)1-2-13-5-7(10,11)12/h6H,1-5H2. The van der Waals surface area contributed by atoms with Gasteiger partial charge < -0.3 is 4.74 Å². The molecule has 0 aliphatic carbocycles. The Labute approximate surface area is 92.3 Å². The van der Waals surface area contributed by atoms with Gasteiger partial charge in [-0.2, -0.15) is 13.2 Å². The van der Waals surface area contributed by atoms with Gasteiger partial charge in [-0.3, -0.25) is 0 Å². The van der Waals surface area contributed by atoms with Crippen LogP contribution in [0.25, 0.3) is 0 Å². The second kappa shape index (κ2) is 7.06. The Bertz CT molecular complexity index is 125. The van der Waals surface area contributed by atoms with Crippen LogP contribution in [-0.4, -0.2) is 30.1 Å². The van der Waals surface area contributed by atoms with E-state index in [0.29, 0.717) is 12.3 Å².